The zero-order chi connectivity index (χ0) is 20.4. The summed E-state index contributed by atoms with van der Waals surface area (Å²) in [6.07, 6.45) is 6.57. The summed E-state index contributed by atoms with van der Waals surface area (Å²) in [5.41, 5.74) is 3.02. The number of aliphatic carboxylic acids is 1. The van der Waals surface area contributed by atoms with Crippen LogP contribution in [-0.4, -0.2) is 36.1 Å². The molecule has 2 aromatic rings. The first-order valence-corrected chi connectivity index (χ1v) is 9.63. The van der Waals surface area contributed by atoms with Crippen molar-refractivity contribution in [1.82, 2.24) is 10.3 Å². The van der Waals surface area contributed by atoms with Crippen molar-refractivity contribution in [3.8, 4) is 0 Å². The molecule has 2 rings (SSSR count). The Balaban J connectivity index is 2.01. The predicted octanol–water partition coefficient (Wildman–Crippen LogP) is 3.58. The number of carboxylic acid groups (broad SMARTS) is 1. The van der Waals surface area contributed by atoms with E-state index in [9.17, 15) is 9.59 Å². The first kappa shape index (κ1) is 21.4. The zero-order valence-electron chi connectivity index (χ0n) is 16.6. The van der Waals surface area contributed by atoms with Gasteiger partial charge in [0.2, 0.25) is 5.91 Å². The number of nitrogens with one attached hydrogen (secondary N) is 1. The molecule has 0 aliphatic heterocycles. The molecule has 1 aromatic heterocycles. The van der Waals surface area contributed by atoms with Gasteiger partial charge >= 0.3 is 5.97 Å². The van der Waals surface area contributed by atoms with E-state index in [2.05, 4.69) is 10.3 Å². The lowest BCUT2D eigenvalue weighted by Crippen LogP contribution is -2.29. The lowest BCUT2D eigenvalue weighted by molar-refractivity contribution is -0.137. The van der Waals surface area contributed by atoms with E-state index in [1.54, 1.807) is 12.4 Å². The maximum absolute atomic E-state index is 12.9. The molecule has 150 valence electrons. The number of nitrogens with zero attached hydrogens (tertiary/aromatic N) is 2. The van der Waals surface area contributed by atoms with Gasteiger partial charge in [-0.15, -0.1) is 0 Å². The number of aromatic nitrogens is 1. The number of anilines is 1. The Morgan fingerprint density at radius 1 is 1.11 bits per heavy atom. The van der Waals surface area contributed by atoms with E-state index >= 15 is 0 Å². The predicted molar refractivity (Wildman–Crippen MR) is 110 cm³/mol. The topological polar surface area (TPSA) is 82.5 Å². The van der Waals surface area contributed by atoms with Crippen LogP contribution >= 0.6 is 0 Å². The van der Waals surface area contributed by atoms with E-state index in [1.165, 1.54) is 0 Å². The second-order valence-corrected chi connectivity index (χ2v) is 7.11. The van der Waals surface area contributed by atoms with E-state index in [4.69, 9.17) is 5.11 Å². The van der Waals surface area contributed by atoms with Gasteiger partial charge in [-0.1, -0.05) is 31.0 Å². The molecular formula is C22H29N3O3. The summed E-state index contributed by atoms with van der Waals surface area (Å²) < 4.78 is 0. The molecule has 2 N–H and O–H groups in total. The fourth-order valence-corrected chi connectivity index (χ4v) is 3.07. The van der Waals surface area contributed by atoms with Gasteiger partial charge in [0.25, 0.3) is 0 Å². The lowest BCUT2D eigenvalue weighted by atomic mass is 9.91. The summed E-state index contributed by atoms with van der Waals surface area (Å²) in [5, 5.41) is 11.8. The molecular weight excluding hydrogens is 354 g/mol. The van der Waals surface area contributed by atoms with E-state index in [0.29, 0.717) is 19.4 Å². The van der Waals surface area contributed by atoms with Crippen molar-refractivity contribution in [2.24, 2.45) is 0 Å². The van der Waals surface area contributed by atoms with Gasteiger partial charge in [0, 0.05) is 45.1 Å². The van der Waals surface area contributed by atoms with Gasteiger partial charge in [0.05, 0.1) is 5.92 Å². The largest absolute Gasteiger partial charge is 0.481 e. The van der Waals surface area contributed by atoms with Crippen LogP contribution in [0, 0.1) is 0 Å². The molecule has 28 heavy (non-hydrogen) atoms. The van der Waals surface area contributed by atoms with Crippen LogP contribution in [0.4, 0.5) is 5.69 Å². The highest BCUT2D eigenvalue weighted by molar-refractivity contribution is 5.83. The van der Waals surface area contributed by atoms with Gasteiger partial charge in [-0.05, 0) is 42.2 Å². The fraction of sp³-hybridized carbons (Fsp3) is 0.409. The molecule has 0 radical (unpaired) electrons. The Labute approximate surface area is 166 Å². The number of pyridine rings is 1. The average molecular weight is 383 g/mol. The molecule has 0 aliphatic rings. The van der Waals surface area contributed by atoms with Crippen LogP contribution in [0.15, 0.2) is 48.8 Å². The molecule has 1 atom stereocenters. The third-order valence-electron chi connectivity index (χ3n) is 4.70. The number of rotatable bonds is 11. The van der Waals surface area contributed by atoms with Gasteiger partial charge in [-0.2, -0.15) is 0 Å². The van der Waals surface area contributed by atoms with Gasteiger partial charge in [0.15, 0.2) is 0 Å². The summed E-state index contributed by atoms with van der Waals surface area (Å²) >= 11 is 0. The third kappa shape index (κ3) is 7.02. The minimum Gasteiger partial charge on any atom is -0.481 e. The first-order valence-electron chi connectivity index (χ1n) is 9.63. The van der Waals surface area contributed by atoms with Crippen LogP contribution in [0.1, 0.15) is 49.1 Å². The van der Waals surface area contributed by atoms with Gasteiger partial charge in [-0.3, -0.25) is 14.6 Å². The minimum absolute atomic E-state index is 0.0142. The van der Waals surface area contributed by atoms with Crippen molar-refractivity contribution >= 4 is 17.6 Å². The highest BCUT2D eigenvalue weighted by Crippen LogP contribution is 2.25. The summed E-state index contributed by atoms with van der Waals surface area (Å²) in [4.78, 5) is 29.6. The smallest absolute Gasteiger partial charge is 0.303 e. The molecule has 0 bridgehead atoms. The number of hydrogen-bond acceptors (Lipinski definition) is 4. The van der Waals surface area contributed by atoms with Crippen LogP contribution in [-0.2, 0) is 16.1 Å². The Kier molecular flexibility index (Phi) is 8.46. The maximum Gasteiger partial charge on any atom is 0.303 e. The van der Waals surface area contributed by atoms with Crippen LogP contribution in [0.3, 0.4) is 0 Å². The lowest BCUT2D eigenvalue weighted by Gasteiger charge is -2.19. The molecule has 1 amide bonds. The average Bonchev–Trinajstić information content (AvgIpc) is 2.69. The molecule has 0 spiro atoms. The zero-order valence-corrected chi connectivity index (χ0v) is 16.6. The van der Waals surface area contributed by atoms with E-state index in [0.717, 1.165) is 29.7 Å². The molecule has 0 aliphatic carbocycles. The quantitative estimate of drug-likeness (QED) is 0.580. The van der Waals surface area contributed by atoms with Crippen molar-refractivity contribution in [2.75, 3.05) is 19.0 Å². The Bertz CT molecular complexity index is 745. The van der Waals surface area contributed by atoms with Crippen molar-refractivity contribution in [3.63, 3.8) is 0 Å². The molecule has 0 saturated heterocycles. The number of amides is 1. The number of carboxylic acids is 1. The normalized spacial score (nSPS) is 11.6. The molecule has 0 unspecified atom stereocenters. The highest BCUT2D eigenvalue weighted by Gasteiger charge is 2.20. The molecule has 0 fully saturated rings. The van der Waals surface area contributed by atoms with Crippen LogP contribution in [0.25, 0.3) is 0 Å². The van der Waals surface area contributed by atoms with E-state index < -0.39 is 5.97 Å². The molecule has 0 saturated carbocycles. The third-order valence-corrected chi connectivity index (χ3v) is 4.70. The monoisotopic (exact) mass is 383 g/mol. The number of unbranched alkanes of at least 4 members (excludes halogenated alkanes) is 2. The van der Waals surface area contributed by atoms with Crippen molar-refractivity contribution < 1.29 is 14.7 Å². The maximum atomic E-state index is 12.9. The fourth-order valence-electron chi connectivity index (χ4n) is 3.07. The summed E-state index contributed by atoms with van der Waals surface area (Å²) in [6.45, 7) is 0.442. The standard InChI is InChI=1S/C22H29N3O3/c1-25(2)19-12-10-18(11-13-19)20(8-4-3-5-9-21(26)27)22(28)24-16-17-7-6-14-23-15-17/h6-7,10-15,20H,3-5,8-9,16H2,1-2H3,(H,24,28)(H,26,27)/t20-/m0/s1. The van der Waals surface area contributed by atoms with Crippen LogP contribution < -0.4 is 10.2 Å². The Morgan fingerprint density at radius 2 is 1.86 bits per heavy atom. The van der Waals surface area contributed by atoms with Gasteiger partial charge in [0.1, 0.15) is 0 Å². The number of carbonyl (C=O) groups excluding carboxylic acids is 1. The van der Waals surface area contributed by atoms with Crippen molar-refractivity contribution in [1.29, 1.82) is 0 Å². The van der Waals surface area contributed by atoms with Crippen molar-refractivity contribution in [3.05, 3.63) is 59.9 Å². The molecule has 6 nitrogen and oxygen atoms in total. The van der Waals surface area contributed by atoms with E-state index in [-0.39, 0.29) is 18.2 Å². The first-order chi connectivity index (χ1) is 13.5. The van der Waals surface area contributed by atoms with E-state index in [1.807, 2.05) is 55.4 Å². The SMILES string of the molecule is CN(C)c1ccc([C@H](CCCCCC(=O)O)C(=O)NCc2cccnc2)cc1. The molecule has 1 heterocycles. The Morgan fingerprint density at radius 3 is 2.46 bits per heavy atom. The number of carbonyl (C=O) groups is 2. The van der Waals surface area contributed by atoms with Crippen LogP contribution in [0.2, 0.25) is 0 Å². The number of benzene rings is 1. The Hall–Kier alpha value is -2.89. The molecule has 6 heteroatoms. The summed E-state index contributed by atoms with van der Waals surface area (Å²) in [5.74, 6) is -1.04. The second-order valence-electron chi connectivity index (χ2n) is 7.11. The van der Waals surface area contributed by atoms with Gasteiger partial charge in [-0.25, -0.2) is 0 Å². The number of hydrogen-bond donors (Lipinski definition) is 2. The van der Waals surface area contributed by atoms with Crippen molar-refractivity contribution in [2.45, 2.75) is 44.6 Å². The second kappa shape index (κ2) is 11.1. The minimum atomic E-state index is -0.773. The molecule has 1 aromatic carbocycles. The van der Waals surface area contributed by atoms with Gasteiger partial charge < -0.3 is 15.3 Å². The summed E-state index contributed by atoms with van der Waals surface area (Å²) in [6, 6.07) is 11.8. The highest BCUT2D eigenvalue weighted by atomic mass is 16.4. The summed E-state index contributed by atoms with van der Waals surface area (Å²) in [7, 11) is 3.96. The van der Waals surface area contributed by atoms with Crippen LogP contribution in [0.5, 0.6) is 0 Å².